The zero-order chi connectivity index (χ0) is 38.9. The molecule has 0 spiro atoms. The number of aromatic hydroxyl groups is 3. The van der Waals surface area contributed by atoms with Gasteiger partial charge in [0.2, 0.25) is 0 Å². The van der Waals surface area contributed by atoms with E-state index < -0.39 is 17.9 Å². The molecule has 6 aromatic carbocycles. The standard InChI is InChI=1S/3C14H12O4.Al/c3*15-12-7-3-1-5-10(12)9-18-13-8-4-2-6-11(13)14(16)17;/h3*1-8,15H,9H2,(H,16,17);/q;;;+3/p-3. The van der Waals surface area contributed by atoms with Crippen LogP contribution in [-0.4, -0.2) is 50.6 Å². The second-order valence-electron chi connectivity index (χ2n) is 11.1. The van der Waals surface area contributed by atoms with Gasteiger partial charge < -0.3 is 59.2 Å². The van der Waals surface area contributed by atoms with Crippen molar-refractivity contribution in [2.45, 2.75) is 19.8 Å². The van der Waals surface area contributed by atoms with Crippen molar-refractivity contribution in [3.63, 3.8) is 0 Å². The van der Waals surface area contributed by atoms with Crippen LogP contribution in [0.4, 0.5) is 0 Å². The predicted molar refractivity (Wildman–Crippen MR) is 195 cm³/mol. The molecule has 0 unspecified atom stereocenters. The maximum Gasteiger partial charge on any atom is 3.00 e. The molecule has 0 saturated carbocycles. The number of carbonyl (C=O) groups excluding carboxylic acids is 3. The maximum absolute atomic E-state index is 10.9. The Kier molecular flexibility index (Phi) is 16.6. The van der Waals surface area contributed by atoms with E-state index in [4.69, 9.17) is 14.2 Å². The summed E-state index contributed by atoms with van der Waals surface area (Å²) >= 11 is 0. The largest absolute Gasteiger partial charge is 3.00 e. The van der Waals surface area contributed by atoms with Crippen molar-refractivity contribution in [1.82, 2.24) is 0 Å². The van der Waals surface area contributed by atoms with Gasteiger partial charge in [-0.1, -0.05) is 91.0 Å². The number of hydrogen-bond donors (Lipinski definition) is 3. The number of ether oxygens (including phenoxy) is 3. The van der Waals surface area contributed by atoms with Gasteiger partial charge in [0.15, 0.2) is 0 Å². The molecule has 0 aliphatic rings. The fourth-order valence-corrected chi connectivity index (χ4v) is 4.65. The van der Waals surface area contributed by atoms with Gasteiger partial charge in [0.1, 0.15) is 54.3 Å². The monoisotopic (exact) mass is 756 g/mol. The molecular weight excluding hydrogens is 723 g/mol. The summed E-state index contributed by atoms with van der Waals surface area (Å²) in [6.07, 6.45) is 0. The van der Waals surface area contributed by atoms with Crippen LogP contribution in [0.25, 0.3) is 0 Å². The smallest absolute Gasteiger partial charge is 0.545 e. The van der Waals surface area contributed by atoms with Crippen LogP contribution in [0.2, 0.25) is 0 Å². The molecule has 0 fully saturated rings. The first kappa shape index (κ1) is 42.5. The van der Waals surface area contributed by atoms with E-state index in [9.17, 15) is 45.0 Å². The van der Waals surface area contributed by atoms with E-state index in [1.807, 2.05) is 0 Å². The van der Waals surface area contributed by atoms with Crippen molar-refractivity contribution in [3.05, 3.63) is 179 Å². The van der Waals surface area contributed by atoms with Crippen LogP contribution in [0.15, 0.2) is 146 Å². The van der Waals surface area contributed by atoms with Gasteiger partial charge in [0.05, 0.1) is 17.9 Å². The van der Waals surface area contributed by atoms with Crippen LogP contribution in [0.5, 0.6) is 34.5 Å². The van der Waals surface area contributed by atoms with E-state index in [0.717, 1.165) is 0 Å². The summed E-state index contributed by atoms with van der Waals surface area (Å²) in [5, 5.41) is 61.3. The third kappa shape index (κ3) is 12.9. The minimum Gasteiger partial charge on any atom is -0.545 e. The summed E-state index contributed by atoms with van der Waals surface area (Å²) in [6, 6.07) is 38.8. The maximum atomic E-state index is 10.9. The van der Waals surface area contributed by atoms with Crippen molar-refractivity contribution in [2.75, 3.05) is 0 Å². The average molecular weight is 757 g/mol. The van der Waals surface area contributed by atoms with Gasteiger partial charge in [0, 0.05) is 33.4 Å². The number of hydrogen-bond acceptors (Lipinski definition) is 12. The van der Waals surface area contributed by atoms with E-state index in [-0.39, 0.29) is 88.4 Å². The fourth-order valence-electron chi connectivity index (χ4n) is 4.65. The van der Waals surface area contributed by atoms with Crippen molar-refractivity contribution >= 4 is 35.3 Å². The van der Waals surface area contributed by atoms with Crippen molar-refractivity contribution in [2.24, 2.45) is 0 Å². The molecule has 0 bridgehead atoms. The molecule has 0 atom stereocenters. The summed E-state index contributed by atoms with van der Waals surface area (Å²) < 4.78 is 16.2. The summed E-state index contributed by atoms with van der Waals surface area (Å²) in [4.78, 5) is 32.6. The van der Waals surface area contributed by atoms with Gasteiger partial charge in [-0.2, -0.15) is 0 Å². The molecular formula is C42H33AlO12. The molecule has 13 heteroatoms. The number of para-hydroxylation sites is 6. The zero-order valence-corrected chi connectivity index (χ0v) is 30.2. The molecule has 0 aliphatic carbocycles. The number of carboxylic acid groups (broad SMARTS) is 3. The SMILES string of the molecule is O=C([O-])c1ccccc1OCc1ccccc1O.O=C([O-])c1ccccc1OCc1ccccc1O.O=C([O-])c1ccccc1OCc1ccccc1O.[Al+3]. The molecule has 0 aliphatic heterocycles. The van der Waals surface area contributed by atoms with Crippen LogP contribution in [0.3, 0.4) is 0 Å². The Hall–Kier alpha value is -6.94. The van der Waals surface area contributed by atoms with E-state index >= 15 is 0 Å². The van der Waals surface area contributed by atoms with E-state index in [0.29, 0.717) is 16.7 Å². The molecule has 6 aromatic rings. The molecule has 0 aromatic heterocycles. The first-order chi connectivity index (χ1) is 26.0. The summed E-state index contributed by atoms with van der Waals surface area (Å²) in [5.41, 5.74) is 1.75. The average Bonchev–Trinajstić information content (AvgIpc) is 3.18. The fraction of sp³-hybridized carbons (Fsp3) is 0.0714. The molecule has 3 N–H and O–H groups in total. The number of aromatic carboxylic acids is 3. The van der Waals surface area contributed by atoms with E-state index in [1.54, 1.807) is 127 Å². The molecule has 0 amide bonds. The number of benzene rings is 6. The Morgan fingerprint density at radius 1 is 0.382 bits per heavy atom. The van der Waals surface area contributed by atoms with Crippen LogP contribution in [0.1, 0.15) is 47.8 Å². The zero-order valence-electron chi connectivity index (χ0n) is 29.1. The van der Waals surface area contributed by atoms with Crippen LogP contribution in [-0.2, 0) is 19.8 Å². The first-order valence-electron chi connectivity index (χ1n) is 16.1. The molecule has 6 rings (SSSR count). The molecule has 276 valence electrons. The van der Waals surface area contributed by atoms with Gasteiger partial charge in [-0.15, -0.1) is 0 Å². The van der Waals surface area contributed by atoms with Gasteiger partial charge in [-0.05, 0) is 54.6 Å². The van der Waals surface area contributed by atoms with Crippen LogP contribution >= 0.6 is 0 Å². The minimum atomic E-state index is -1.29. The van der Waals surface area contributed by atoms with Crippen LogP contribution in [0, 0.1) is 0 Å². The Labute approximate surface area is 326 Å². The van der Waals surface area contributed by atoms with Gasteiger partial charge in [-0.3, -0.25) is 0 Å². The second-order valence-corrected chi connectivity index (χ2v) is 11.1. The number of rotatable bonds is 12. The van der Waals surface area contributed by atoms with Crippen molar-refractivity contribution in [3.8, 4) is 34.5 Å². The molecule has 0 saturated heterocycles. The third-order valence-corrected chi connectivity index (χ3v) is 7.45. The van der Waals surface area contributed by atoms with E-state index in [1.165, 1.54) is 18.2 Å². The predicted octanol–water partition coefficient (Wildman–Crippen LogP) is 3.62. The normalized spacial score (nSPS) is 9.82. The number of carbonyl (C=O) groups is 3. The third-order valence-electron chi connectivity index (χ3n) is 7.45. The Bertz CT molecular complexity index is 1940. The Morgan fingerprint density at radius 3 is 0.836 bits per heavy atom. The summed E-state index contributed by atoms with van der Waals surface area (Å²) in [5.74, 6) is -2.86. The Morgan fingerprint density at radius 2 is 0.600 bits per heavy atom. The first-order valence-corrected chi connectivity index (χ1v) is 16.1. The summed E-state index contributed by atoms with van der Waals surface area (Å²) in [7, 11) is 0. The summed E-state index contributed by atoms with van der Waals surface area (Å²) in [6.45, 7) is 0.283. The number of phenolic OH excluding ortho intramolecular Hbond substituents is 3. The minimum absolute atomic E-state index is 0. The number of carboxylic acids is 3. The number of phenols is 3. The Balaban J connectivity index is 0.000000220. The topological polar surface area (TPSA) is 209 Å². The molecule has 0 radical (unpaired) electrons. The van der Waals surface area contributed by atoms with Crippen LogP contribution < -0.4 is 29.5 Å². The van der Waals surface area contributed by atoms with Gasteiger partial charge in [0.25, 0.3) is 0 Å². The second kappa shape index (κ2) is 21.6. The molecule has 0 heterocycles. The van der Waals surface area contributed by atoms with Gasteiger partial charge in [-0.25, -0.2) is 0 Å². The molecule has 12 nitrogen and oxygen atoms in total. The van der Waals surface area contributed by atoms with Crippen molar-refractivity contribution < 1.29 is 59.2 Å². The van der Waals surface area contributed by atoms with E-state index in [2.05, 4.69) is 0 Å². The quantitative estimate of drug-likeness (QED) is 0.153. The van der Waals surface area contributed by atoms with Crippen molar-refractivity contribution in [1.29, 1.82) is 0 Å². The molecule has 55 heavy (non-hydrogen) atoms. The van der Waals surface area contributed by atoms with Gasteiger partial charge >= 0.3 is 17.4 Å².